The molecule has 8 nitrogen and oxygen atoms in total. The third kappa shape index (κ3) is 3.92. The molecule has 0 radical (unpaired) electrons. The van der Waals surface area contributed by atoms with Gasteiger partial charge in [-0.2, -0.15) is 0 Å². The molecule has 1 atom stereocenters. The molecule has 0 saturated heterocycles. The summed E-state index contributed by atoms with van der Waals surface area (Å²) in [4.78, 5) is 13.8. The van der Waals surface area contributed by atoms with Crippen LogP contribution in [0.3, 0.4) is 0 Å². The lowest BCUT2D eigenvalue weighted by Crippen LogP contribution is -2.27. The van der Waals surface area contributed by atoms with Crippen molar-refractivity contribution in [3.05, 3.63) is 46.5 Å². The van der Waals surface area contributed by atoms with Crippen molar-refractivity contribution in [1.29, 1.82) is 0 Å². The average Bonchev–Trinajstić information content (AvgIpc) is 2.86. The molecule has 0 spiro atoms. The average molecular weight is 310 g/mol. The number of hydrogen-bond donors (Lipinski definition) is 2. The van der Waals surface area contributed by atoms with Crippen LogP contribution in [0.4, 0.5) is 16.0 Å². The number of aliphatic hydroxyl groups excluding tert-OH is 1. The van der Waals surface area contributed by atoms with Gasteiger partial charge in [0.05, 0.1) is 0 Å². The van der Waals surface area contributed by atoms with E-state index in [2.05, 4.69) is 10.3 Å². The number of ether oxygens (including phenoxy) is 1. The lowest BCUT2D eigenvalue weighted by molar-refractivity contribution is -0.388. The molecule has 118 valence electrons. The van der Waals surface area contributed by atoms with E-state index in [1.165, 1.54) is 35.2 Å². The highest BCUT2D eigenvalue weighted by molar-refractivity contribution is 5.52. The standard InChI is InChI=1S/C13H15FN4O4/c1-17-8-16-13(18(20)21)12(17)15-6-10(19)7-22-11-4-2-9(14)3-5-11/h2-5,8,10,15,19H,6-7H2,1H3. The normalized spacial score (nSPS) is 12.0. The molecule has 0 amide bonds. The summed E-state index contributed by atoms with van der Waals surface area (Å²) in [7, 11) is 1.60. The van der Waals surface area contributed by atoms with Gasteiger partial charge in [0.15, 0.2) is 0 Å². The van der Waals surface area contributed by atoms with E-state index in [4.69, 9.17) is 4.74 Å². The Labute approximate surface area is 125 Å². The Morgan fingerprint density at radius 1 is 1.50 bits per heavy atom. The van der Waals surface area contributed by atoms with Crippen LogP contribution in [0.2, 0.25) is 0 Å². The number of imidazole rings is 1. The Morgan fingerprint density at radius 2 is 2.18 bits per heavy atom. The number of halogens is 1. The van der Waals surface area contributed by atoms with Gasteiger partial charge in [-0.3, -0.25) is 4.57 Å². The highest BCUT2D eigenvalue weighted by Gasteiger charge is 2.20. The summed E-state index contributed by atoms with van der Waals surface area (Å²) < 4.78 is 19.5. The van der Waals surface area contributed by atoms with Gasteiger partial charge in [-0.15, -0.1) is 0 Å². The fourth-order valence-electron chi connectivity index (χ4n) is 1.75. The number of anilines is 1. The Morgan fingerprint density at radius 3 is 2.82 bits per heavy atom. The monoisotopic (exact) mass is 310 g/mol. The largest absolute Gasteiger partial charge is 0.491 e. The molecule has 0 aliphatic carbocycles. The summed E-state index contributed by atoms with van der Waals surface area (Å²) in [5, 5.41) is 23.4. The number of nitrogens with zero attached hydrogens (tertiary/aromatic N) is 3. The van der Waals surface area contributed by atoms with E-state index < -0.39 is 11.0 Å². The zero-order chi connectivity index (χ0) is 16.1. The third-order valence-corrected chi connectivity index (χ3v) is 2.85. The molecule has 0 fully saturated rings. The van der Waals surface area contributed by atoms with Gasteiger partial charge in [0.2, 0.25) is 12.1 Å². The second kappa shape index (κ2) is 6.85. The van der Waals surface area contributed by atoms with Crippen molar-refractivity contribution in [2.75, 3.05) is 18.5 Å². The first-order chi connectivity index (χ1) is 10.5. The molecule has 2 rings (SSSR count). The fourth-order valence-corrected chi connectivity index (χ4v) is 1.75. The van der Waals surface area contributed by atoms with Gasteiger partial charge in [-0.1, -0.05) is 0 Å². The van der Waals surface area contributed by atoms with Crippen LogP contribution in [0, 0.1) is 15.9 Å². The number of hydrogen-bond acceptors (Lipinski definition) is 6. The molecule has 1 heterocycles. The Balaban J connectivity index is 1.85. The summed E-state index contributed by atoms with van der Waals surface area (Å²) in [5.41, 5.74) is 0. The summed E-state index contributed by atoms with van der Waals surface area (Å²) in [6.45, 7) is 0.00580. The number of nitro groups is 1. The summed E-state index contributed by atoms with van der Waals surface area (Å²) in [5.74, 6) is -0.0648. The van der Waals surface area contributed by atoms with Crippen molar-refractivity contribution in [3.63, 3.8) is 0 Å². The van der Waals surface area contributed by atoms with E-state index in [-0.39, 0.29) is 30.6 Å². The van der Waals surface area contributed by atoms with E-state index in [0.29, 0.717) is 5.75 Å². The molecule has 0 aliphatic heterocycles. The highest BCUT2D eigenvalue weighted by Crippen LogP contribution is 2.20. The van der Waals surface area contributed by atoms with Crippen molar-refractivity contribution in [1.82, 2.24) is 9.55 Å². The molecule has 9 heteroatoms. The van der Waals surface area contributed by atoms with Gasteiger partial charge < -0.3 is 25.3 Å². The second-order valence-corrected chi connectivity index (χ2v) is 4.58. The van der Waals surface area contributed by atoms with Gasteiger partial charge in [0.25, 0.3) is 0 Å². The lowest BCUT2D eigenvalue weighted by atomic mass is 10.3. The first kappa shape index (κ1) is 15.7. The van der Waals surface area contributed by atoms with Crippen LogP contribution in [0.25, 0.3) is 0 Å². The smallest absolute Gasteiger partial charge is 0.406 e. The van der Waals surface area contributed by atoms with Gasteiger partial charge in [0, 0.05) is 13.6 Å². The van der Waals surface area contributed by atoms with Crippen LogP contribution >= 0.6 is 0 Å². The SMILES string of the molecule is Cn1cnc([N+](=O)[O-])c1NCC(O)COc1ccc(F)cc1. The number of nitrogens with one attached hydrogen (secondary N) is 1. The molecule has 22 heavy (non-hydrogen) atoms. The molecule has 0 saturated carbocycles. The van der Waals surface area contributed by atoms with E-state index >= 15 is 0 Å². The zero-order valence-electron chi connectivity index (χ0n) is 11.8. The van der Waals surface area contributed by atoms with Crippen LogP contribution < -0.4 is 10.1 Å². The van der Waals surface area contributed by atoms with Crippen molar-refractivity contribution < 1.29 is 19.2 Å². The first-order valence-corrected chi connectivity index (χ1v) is 6.43. The molecule has 0 bridgehead atoms. The maximum absolute atomic E-state index is 12.7. The summed E-state index contributed by atoms with van der Waals surface area (Å²) in [6, 6.07) is 5.39. The topological polar surface area (TPSA) is 102 Å². The molecule has 2 aromatic rings. The van der Waals surface area contributed by atoms with Gasteiger partial charge in [0.1, 0.15) is 24.3 Å². The van der Waals surface area contributed by atoms with Crippen molar-refractivity contribution >= 4 is 11.6 Å². The van der Waals surface area contributed by atoms with Gasteiger partial charge >= 0.3 is 5.82 Å². The minimum absolute atomic E-state index is 0.0374. The van der Waals surface area contributed by atoms with Crippen LogP contribution in [0.5, 0.6) is 5.75 Å². The van der Waals surface area contributed by atoms with Crippen molar-refractivity contribution in [2.45, 2.75) is 6.10 Å². The molecule has 1 unspecified atom stereocenters. The lowest BCUT2D eigenvalue weighted by Gasteiger charge is -2.13. The predicted molar refractivity (Wildman–Crippen MR) is 76.3 cm³/mol. The van der Waals surface area contributed by atoms with Crippen molar-refractivity contribution in [3.8, 4) is 5.75 Å². The van der Waals surface area contributed by atoms with Crippen molar-refractivity contribution in [2.24, 2.45) is 7.05 Å². The minimum atomic E-state index is -0.903. The van der Waals surface area contributed by atoms with Gasteiger partial charge in [-0.05, 0) is 34.2 Å². The number of aryl methyl sites for hydroxylation is 1. The minimum Gasteiger partial charge on any atom is -0.491 e. The second-order valence-electron chi connectivity index (χ2n) is 4.58. The number of benzene rings is 1. The predicted octanol–water partition coefficient (Wildman–Crippen LogP) is 1.32. The number of aliphatic hydroxyl groups is 1. The molecular weight excluding hydrogens is 295 g/mol. The number of rotatable bonds is 7. The Bertz CT molecular complexity index is 644. The Kier molecular flexibility index (Phi) is 4.89. The number of aromatic nitrogens is 2. The fraction of sp³-hybridized carbons (Fsp3) is 0.308. The van der Waals surface area contributed by atoms with E-state index in [9.17, 15) is 19.6 Å². The molecule has 1 aromatic heterocycles. The van der Waals surface area contributed by atoms with Crippen LogP contribution in [-0.2, 0) is 7.05 Å². The first-order valence-electron chi connectivity index (χ1n) is 6.43. The molecule has 0 aliphatic rings. The van der Waals surface area contributed by atoms with E-state index in [0.717, 1.165) is 0 Å². The zero-order valence-corrected chi connectivity index (χ0v) is 11.8. The third-order valence-electron chi connectivity index (χ3n) is 2.85. The molecular formula is C13H15FN4O4. The summed E-state index contributed by atoms with van der Waals surface area (Å²) in [6.07, 6.45) is 0.404. The maximum Gasteiger partial charge on any atom is 0.406 e. The van der Waals surface area contributed by atoms with E-state index in [1.54, 1.807) is 7.05 Å². The molecule has 1 aromatic carbocycles. The molecule has 2 N–H and O–H groups in total. The van der Waals surface area contributed by atoms with Gasteiger partial charge in [-0.25, -0.2) is 4.39 Å². The van der Waals surface area contributed by atoms with Crippen LogP contribution in [-0.4, -0.2) is 38.8 Å². The van der Waals surface area contributed by atoms with Crippen LogP contribution in [0.1, 0.15) is 0 Å². The van der Waals surface area contributed by atoms with E-state index in [1.807, 2.05) is 0 Å². The highest BCUT2D eigenvalue weighted by atomic mass is 19.1. The summed E-state index contributed by atoms with van der Waals surface area (Å²) >= 11 is 0. The Hall–Kier alpha value is -2.68. The maximum atomic E-state index is 12.7. The quantitative estimate of drug-likeness (QED) is 0.590. The van der Waals surface area contributed by atoms with Crippen LogP contribution in [0.15, 0.2) is 30.6 Å².